The Balaban J connectivity index is 2.77. The van der Waals surface area contributed by atoms with Crippen molar-refractivity contribution >= 4 is 12.2 Å². The van der Waals surface area contributed by atoms with Gasteiger partial charge in [0.15, 0.2) is 0 Å². The highest BCUT2D eigenvalue weighted by Crippen LogP contribution is 2.40. The first-order valence-electron chi connectivity index (χ1n) is 6.01. The molecule has 18 heavy (non-hydrogen) atoms. The van der Waals surface area contributed by atoms with Crippen molar-refractivity contribution in [3.8, 4) is 0 Å². The monoisotopic (exact) mass is 258 g/mol. The van der Waals surface area contributed by atoms with Gasteiger partial charge in [-0.1, -0.05) is 13.8 Å². The summed E-state index contributed by atoms with van der Waals surface area (Å²) in [5.41, 5.74) is -0.569. The van der Waals surface area contributed by atoms with Crippen molar-refractivity contribution in [2.75, 3.05) is 7.11 Å². The number of rotatable bonds is 2. The molecule has 0 radical (unpaired) electrons. The van der Waals surface area contributed by atoms with Crippen LogP contribution in [0.2, 0.25) is 0 Å². The Morgan fingerprint density at radius 1 is 1.28 bits per heavy atom. The van der Waals surface area contributed by atoms with Crippen molar-refractivity contribution in [2.45, 2.75) is 51.6 Å². The lowest BCUT2D eigenvalue weighted by molar-refractivity contribution is 0.0929. The Hall–Kier alpha value is -1.46. The first-order valence-corrected chi connectivity index (χ1v) is 6.01. The number of nitrogens with one attached hydrogen (secondary N) is 2. The maximum Gasteiger partial charge on any atom is 0.407 e. The minimum atomic E-state index is -1.04. The first-order chi connectivity index (χ1) is 8.16. The van der Waals surface area contributed by atoms with E-state index in [1.165, 1.54) is 7.11 Å². The van der Waals surface area contributed by atoms with Crippen LogP contribution in [0.5, 0.6) is 0 Å². The molecule has 0 heterocycles. The molecule has 0 aromatic carbocycles. The Morgan fingerprint density at radius 3 is 2.39 bits per heavy atom. The van der Waals surface area contributed by atoms with Gasteiger partial charge in [0.05, 0.1) is 7.11 Å². The van der Waals surface area contributed by atoms with Crippen LogP contribution < -0.4 is 10.6 Å². The van der Waals surface area contributed by atoms with E-state index in [0.717, 1.165) is 12.8 Å². The number of alkyl carbamates (subject to hydrolysis) is 1. The number of hydrogen-bond acceptors (Lipinski definition) is 3. The fourth-order valence-corrected chi connectivity index (χ4v) is 3.16. The summed E-state index contributed by atoms with van der Waals surface area (Å²) in [5, 5.41) is 14.2. The summed E-state index contributed by atoms with van der Waals surface area (Å²) in [6.07, 6.45) is 0.602. The third-order valence-corrected chi connectivity index (χ3v) is 3.28. The lowest BCUT2D eigenvalue weighted by Gasteiger charge is -2.46. The van der Waals surface area contributed by atoms with E-state index >= 15 is 0 Å². The zero-order valence-corrected chi connectivity index (χ0v) is 11.4. The van der Waals surface area contributed by atoms with Crippen LogP contribution in [0, 0.1) is 5.41 Å². The summed E-state index contributed by atoms with van der Waals surface area (Å²) < 4.78 is 4.58. The minimum absolute atomic E-state index is 0.0405. The Morgan fingerprint density at radius 2 is 1.89 bits per heavy atom. The van der Waals surface area contributed by atoms with Crippen molar-refractivity contribution in [2.24, 2.45) is 5.41 Å². The van der Waals surface area contributed by atoms with Crippen LogP contribution in [0.15, 0.2) is 0 Å². The van der Waals surface area contributed by atoms with Crippen LogP contribution >= 0.6 is 0 Å². The van der Waals surface area contributed by atoms with Crippen molar-refractivity contribution in [3.63, 3.8) is 0 Å². The third-order valence-electron chi connectivity index (χ3n) is 3.28. The van der Waals surface area contributed by atoms with E-state index < -0.39 is 17.7 Å². The lowest BCUT2D eigenvalue weighted by Crippen LogP contribution is -2.57. The molecule has 0 saturated heterocycles. The molecule has 1 saturated carbocycles. The van der Waals surface area contributed by atoms with E-state index in [2.05, 4.69) is 29.2 Å². The summed E-state index contributed by atoms with van der Waals surface area (Å²) >= 11 is 0. The van der Waals surface area contributed by atoms with Crippen LogP contribution in [0.4, 0.5) is 9.59 Å². The molecule has 6 nitrogen and oxygen atoms in total. The van der Waals surface area contributed by atoms with Gasteiger partial charge in [0.25, 0.3) is 0 Å². The highest BCUT2D eigenvalue weighted by molar-refractivity contribution is 5.67. The number of amides is 2. The van der Waals surface area contributed by atoms with Gasteiger partial charge in [-0.25, -0.2) is 9.59 Å². The van der Waals surface area contributed by atoms with Crippen molar-refractivity contribution < 1.29 is 19.4 Å². The van der Waals surface area contributed by atoms with Crippen molar-refractivity contribution in [1.29, 1.82) is 0 Å². The average molecular weight is 258 g/mol. The molecule has 2 unspecified atom stereocenters. The van der Waals surface area contributed by atoms with E-state index in [4.69, 9.17) is 5.11 Å². The first kappa shape index (κ1) is 14.6. The summed E-state index contributed by atoms with van der Waals surface area (Å²) in [5.74, 6) is 0. The fraction of sp³-hybridized carbons (Fsp3) is 0.833. The number of carbonyl (C=O) groups is 2. The smallest absolute Gasteiger partial charge is 0.407 e. The summed E-state index contributed by atoms with van der Waals surface area (Å²) in [4.78, 5) is 22.1. The summed E-state index contributed by atoms with van der Waals surface area (Å²) in [6, 6.07) is -0.0851. The van der Waals surface area contributed by atoms with Gasteiger partial charge in [-0.3, -0.25) is 0 Å². The maximum atomic E-state index is 11.3. The summed E-state index contributed by atoms with van der Waals surface area (Å²) in [7, 11) is 1.32. The molecule has 0 aliphatic heterocycles. The number of carbonyl (C=O) groups excluding carboxylic acids is 1. The van der Waals surface area contributed by atoms with E-state index in [1.807, 2.05) is 6.92 Å². The zero-order chi connectivity index (χ0) is 14.0. The Kier molecular flexibility index (Phi) is 4.09. The second-order valence-electron chi connectivity index (χ2n) is 6.07. The topological polar surface area (TPSA) is 87.7 Å². The van der Waals surface area contributed by atoms with Crippen molar-refractivity contribution in [3.05, 3.63) is 0 Å². The Labute approximate surface area is 107 Å². The highest BCUT2D eigenvalue weighted by atomic mass is 16.5. The molecule has 0 bridgehead atoms. The third kappa shape index (κ3) is 4.09. The van der Waals surface area contributed by atoms with Gasteiger partial charge in [-0.05, 0) is 31.6 Å². The minimum Gasteiger partial charge on any atom is -0.465 e. The molecule has 0 aromatic heterocycles. The molecule has 1 fully saturated rings. The molecule has 1 aliphatic rings. The number of carboxylic acid groups (broad SMARTS) is 1. The van der Waals surface area contributed by atoms with Gasteiger partial charge in [0.2, 0.25) is 0 Å². The zero-order valence-electron chi connectivity index (χ0n) is 11.4. The SMILES string of the molecule is COC(=O)NC1CC(C)(C)CC(C)(NC(=O)O)C1. The molecular weight excluding hydrogens is 236 g/mol. The predicted molar refractivity (Wildman–Crippen MR) is 66.5 cm³/mol. The predicted octanol–water partition coefficient (Wildman–Crippen LogP) is 1.95. The van der Waals surface area contributed by atoms with E-state index in [0.29, 0.717) is 6.42 Å². The van der Waals surface area contributed by atoms with Gasteiger partial charge in [0, 0.05) is 11.6 Å². The fourth-order valence-electron chi connectivity index (χ4n) is 3.16. The van der Waals surface area contributed by atoms with Gasteiger partial charge >= 0.3 is 12.2 Å². The molecule has 2 atom stereocenters. The molecule has 1 rings (SSSR count). The second-order valence-corrected chi connectivity index (χ2v) is 6.07. The van der Waals surface area contributed by atoms with Gasteiger partial charge < -0.3 is 20.5 Å². The number of ether oxygens (including phenoxy) is 1. The molecule has 104 valence electrons. The molecule has 6 heteroatoms. The quantitative estimate of drug-likeness (QED) is 0.706. The summed E-state index contributed by atoms with van der Waals surface area (Å²) in [6.45, 7) is 6.01. The molecule has 2 amide bonds. The highest BCUT2D eigenvalue weighted by Gasteiger charge is 2.42. The molecule has 1 aliphatic carbocycles. The second kappa shape index (κ2) is 5.04. The van der Waals surface area contributed by atoms with Gasteiger partial charge in [-0.2, -0.15) is 0 Å². The van der Waals surface area contributed by atoms with E-state index in [1.54, 1.807) is 0 Å². The van der Waals surface area contributed by atoms with Crippen LogP contribution in [0.25, 0.3) is 0 Å². The molecule has 3 N–H and O–H groups in total. The van der Waals surface area contributed by atoms with E-state index in [-0.39, 0.29) is 11.5 Å². The maximum absolute atomic E-state index is 11.3. The van der Waals surface area contributed by atoms with Gasteiger partial charge in [-0.15, -0.1) is 0 Å². The van der Waals surface area contributed by atoms with Crippen LogP contribution in [0.3, 0.4) is 0 Å². The van der Waals surface area contributed by atoms with Gasteiger partial charge in [0.1, 0.15) is 0 Å². The molecule has 0 spiro atoms. The normalized spacial score (nSPS) is 30.3. The van der Waals surface area contributed by atoms with Crippen molar-refractivity contribution in [1.82, 2.24) is 10.6 Å². The van der Waals surface area contributed by atoms with E-state index in [9.17, 15) is 9.59 Å². The van der Waals surface area contributed by atoms with Crippen LogP contribution in [-0.4, -0.2) is 36.0 Å². The number of hydrogen-bond donors (Lipinski definition) is 3. The van der Waals surface area contributed by atoms with Crippen LogP contribution in [-0.2, 0) is 4.74 Å². The Bertz CT molecular complexity index is 343. The number of methoxy groups -OCH3 is 1. The average Bonchev–Trinajstić information content (AvgIpc) is 2.11. The lowest BCUT2D eigenvalue weighted by atomic mass is 9.67. The largest absolute Gasteiger partial charge is 0.465 e. The van der Waals surface area contributed by atoms with Crippen LogP contribution in [0.1, 0.15) is 40.0 Å². The molecule has 0 aromatic rings. The standard InChI is InChI=1S/C12H22N2O4/c1-11(2)5-8(13-10(17)18-4)6-12(3,7-11)14-9(15)16/h8,14H,5-7H2,1-4H3,(H,13,17)(H,15,16). The molecular formula is C12H22N2O4.